The van der Waals surface area contributed by atoms with Crippen molar-refractivity contribution < 1.29 is 38.9 Å². The van der Waals surface area contributed by atoms with Gasteiger partial charge in [0.2, 0.25) is 10.0 Å². The number of nitrogens with zero attached hydrogens (tertiary/aromatic N) is 2. The van der Waals surface area contributed by atoms with Crippen LogP contribution in [-0.4, -0.2) is 39.3 Å². The molecule has 8 nitrogen and oxygen atoms in total. The van der Waals surface area contributed by atoms with Gasteiger partial charge in [-0.3, -0.25) is 4.98 Å². The zero-order valence-electron chi connectivity index (χ0n) is 22.3. The molecule has 0 fully saturated rings. The average Bonchev–Trinajstić information content (AvgIpc) is 2.94. The Bertz CT molecular complexity index is 1770. The second kappa shape index (κ2) is 11.7. The SMILES string of the molecule is CCC(C)N(Cc1ccc(OC)c(OS(=O)(=O)c2cccc(C(F)(F)F)c2)c1)S(=O)(=O)c1cccc2cccnc12. The number of benzene rings is 3. The Morgan fingerprint density at radius 1 is 0.927 bits per heavy atom. The van der Waals surface area contributed by atoms with E-state index in [0.717, 1.165) is 18.2 Å². The van der Waals surface area contributed by atoms with Crippen LogP contribution in [0.5, 0.6) is 11.5 Å². The molecule has 0 saturated carbocycles. The van der Waals surface area contributed by atoms with Crippen molar-refractivity contribution in [2.75, 3.05) is 7.11 Å². The third-order valence-corrected chi connectivity index (χ3v) is 9.70. The summed E-state index contributed by atoms with van der Waals surface area (Å²) in [5.41, 5.74) is -0.480. The van der Waals surface area contributed by atoms with Crippen molar-refractivity contribution >= 4 is 31.0 Å². The monoisotopic (exact) mass is 608 g/mol. The van der Waals surface area contributed by atoms with Gasteiger partial charge in [0.05, 0.1) is 18.2 Å². The number of rotatable bonds is 10. The summed E-state index contributed by atoms with van der Waals surface area (Å²) in [4.78, 5) is 3.59. The van der Waals surface area contributed by atoms with Gasteiger partial charge in [0, 0.05) is 24.2 Å². The fourth-order valence-electron chi connectivity index (χ4n) is 4.15. The van der Waals surface area contributed by atoms with Crippen LogP contribution in [0, 0.1) is 0 Å². The van der Waals surface area contributed by atoms with Crippen molar-refractivity contribution in [3.8, 4) is 11.5 Å². The van der Waals surface area contributed by atoms with Crippen molar-refractivity contribution in [3.63, 3.8) is 0 Å². The van der Waals surface area contributed by atoms with E-state index in [4.69, 9.17) is 8.92 Å². The molecule has 0 aliphatic carbocycles. The first-order chi connectivity index (χ1) is 19.3. The number of hydrogen-bond acceptors (Lipinski definition) is 7. The van der Waals surface area contributed by atoms with Gasteiger partial charge in [0.25, 0.3) is 0 Å². The van der Waals surface area contributed by atoms with Gasteiger partial charge in [-0.2, -0.15) is 25.9 Å². The fraction of sp³-hybridized carbons (Fsp3) is 0.250. The van der Waals surface area contributed by atoms with Gasteiger partial charge >= 0.3 is 16.3 Å². The molecular formula is C28H27F3N2O6S2. The summed E-state index contributed by atoms with van der Waals surface area (Å²) in [5, 5.41) is 0.651. The molecule has 218 valence electrons. The average molecular weight is 609 g/mol. The van der Waals surface area contributed by atoms with Gasteiger partial charge < -0.3 is 8.92 Å². The van der Waals surface area contributed by atoms with Crippen molar-refractivity contribution in [1.29, 1.82) is 0 Å². The molecule has 41 heavy (non-hydrogen) atoms. The quantitative estimate of drug-likeness (QED) is 0.203. The van der Waals surface area contributed by atoms with E-state index in [1.807, 2.05) is 6.92 Å². The number of sulfonamides is 1. The van der Waals surface area contributed by atoms with Crippen LogP contribution >= 0.6 is 0 Å². The number of aromatic nitrogens is 1. The number of alkyl halides is 3. The van der Waals surface area contributed by atoms with Crippen LogP contribution in [0.15, 0.2) is 88.8 Å². The second-order valence-electron chi connectivity index (χ2n) is 9.19. The maximum Gasteiger partial charge on any atom is 0.416 e. The molecule has 1 heterocycles. The first-order valence-electron chi connectivity index (χ1n) is 12.4. The molecular weight excluding hydrogens is 581 g/mol. The topological polar surface area (TPSA) is 103 Å². The highest BCUT2D eigenvalue weighted by Gasteiger charge is 2.33. The molecule has 1 aromatic heterocycles. The Balaban J connectivity index is 1.72. The number of pyridine rings is 1. The third-order valence-electron chi connectivity index (χ3n) is 6.48. The first-order valence-corrected chi connectivity index (χ1v) is 15.3. The lowest BCUT2D eigenvalue weighted by molar-refractivity contribution is -0.137. The zero-order valence-corrected chi connectivity index (χ0v) is 23.9. The van der Waals surface area contributed by atoms with E-state index in [1.54, 1.807) is 37.3 Å². The molecule has 4 rings (SSSR count). The van der Waals surface area contributed by atoms with Gasteiger partial charge in [0.1, 0.15) is 9.79 Å². The van der Waals surface area contributed by atoms with E-state index in [9.17, 15) is 30.0 Å². The summed E-state index contributed by atoms with van der Waals surface area (Å²) in [7, 11) is -7.53. The molecule has 0 amide bonds. The van der Waals surface area contributed by atoms with Crippen molar-refractivity contribution in [2.24, 2.45) is 0 Å². The minimum Gasteiger partial charge on any atom is -0.493 e. The molecule has 0 radical (unpaired) electrons. The maximum atomic E-state index is 13.9. The van der Waals surface area contributed by atoms with Crippen LogP contribution in [0.2, 0.25) is 0 Å². The summed E-state index contributed by atoms with van der Waals surface area (Å²) >= 11 is 0. The van der Waals surface area contributed by atoms with E-state index >= 15 is 0 Å². The van der Waals surface area contributed by atoms with Gasteiger partial charge in [0.15, 0.2) is 11.5 Å². The summed E-state index contributed by atoms with van der Waals surface area (Å²) in [6, 6.07) is 15.3. The Hall–Kier alpha value is -3.68. The van der Waals surface area contributed by atoms with E-state index in [1.165, 1.54) is 35.8 Å². The molecule has 1 atom stereocenters. The van der Waals surface area contributed by atoms with Crippen molar-refractivity contribution in [2.45, 2.75) is 48.8 Å². The van der Waals surface area contributed by atoms with Gasteiger partial charge in [-0.1, -0.05) is 37.3 Å². The molecule has 0 aliphatic rings. The number of halogens is 3. The van der Waals surface area contributed by atoms with E-state index in [-0.39, 0.29) is 22.9 Å². The molecule has 4 aromatic rings. The Labute approximate surface area is 236 Å². The third kappa shape index (κ3) is 6.47. The molecule has 0 saturated heterocycles. The molecule has 1 unspecified atom stereocenters. The molecule has 3 aromatic carbocycles. The van der Waals surface area contributed by atoms with E-state index < -0.39 is 42.8 Å². The minimum absolute atomic E-state index is 0.0134. The lowest BCUT2D eigenvalue weighted by Gasteiger charge is -2.28. The summed E-state index contributed by atoms with van der Waals surface area (Å²) in [6.45, 7) is 3.42. The van der Waals surface area contributed by atoms with Crippen LogP contribution in [-0.2, 0) is 32.9 Å². The van der Waals surface area contributed by atoms with Crippen LogP contribution in [0.4, 0.5) is 13.2 Å². The highest BCUT2D eigenvalue weighted by Crippen LogP contribution is 2.35. The van der Waals surface area contributed by atoms with E-state index in [0.29, 0.717) is 29.0 Å². The highest BCUT2D eigenvalue weighted by molar-refractivity contribution is 7.89. The largest absolute Gasteiger partial charge is 0.493 e. The second-order valence-corrected chi connectivity index (χ2v) is 12.6. The van der Waals surface area contributed by atoms with Crippen LogP contribution in [0.3, 0.4) is 0 Å². The number of para-hydroxylation sites is 1. The minimum atomic E-state index is -4.76. The summed E-state index contributed by atoms with van der Waals surface area (Å²) in [5.74, 6) is -0.323. The Kier molecular flexibility index (Phi) is 8.62. The van der Waals surface area contributed by atoms with Crippen LogP contribution in [0.1, 0.15) is 31.4 Å². The molecule has 13 heteroatoms. The predicted octanol–water partition coefficient (Wildman–Crippen LogP) is 6.02. The summed E-state index contributed by atoms with van der Waals surface area (Å²) in [6.07, 6.45) is -2.78. The normalized spacial score (nSPS) is 13.3. The first kappa shape index (κ1) is 30.3. The highest BCUT2D eigenvalue weighted by atomic mass is 32.2. The van der Waals surface area contributed by atoms with Gasteiger partial charge in [-0.05, 0) is 61.4 Å². The van der Waals surface area contributed by atoms with Crippen molar-refractivity contribution in [1.82, 2.24) is 9.29 Å². The standard InChI is InChI=1S/C28H27F3N2O6S2/c1-4-19(2)33(40(34,35)26-12-5-8-21-9-7-15-32-27(21)26)18-20-13-14-24(38-3)25(16-20)39-41(36,37)23-11-6-10-22(17-23)28(29,30)31/h5-17,19H,4,18H2,1-3H3. The smallest absolute Gasteiger partial charge is 0.416 e. The van der Waals surface area contributed by atoms with Gasteiger partial charge in [-0.15, -0.1) is 0 Å². The molecule has 0 aliphatic heterocycles. The lowest BCUT2D eigenvalue weighted by atomic mass is 10.2. The number of ether oxygens (including phenoxy) is 1. The number of hydrogen-bond donors (Lipinski definition) is 0. The molecule has 0 spiro atoms. The molecule has 0 N–H and O–H groups in total. The van der Waals surface area contributed by atoms with Gasteiger partial charge in [-0.25, -0.2) is 8.42 Å². The van der Waals surface area contributed by atoms with Crippen molar-refractivity contribution in [3.05, 3.63) is 90.1 Å². The number of fused-ring (bicyclic) bond motifs is 1. The maximum absolute atomic E-state index is 13.9. The number of methoxy groups -OCH3 is 1. The summed E-state index contributed by atoms with van der Waals surface area (Å²) < 4.78 is 105. The van der Waals surface area contributed by atoms with Crippen LogP contribution in [0.25, 0.3) is 10.9 Å². The molecule has 0 bridgehead atoms. The lowest BCUT2D eigenvalue weighted by Crippen LogP contribution is -2.38. The van der Waals surface area contributed by atoms with E-state index in [2.05, 4.69) is 4.98 Å². The zero-order chi connectivity index (χ0) is 30.0. The Morgan fingerprint density at radius 2 is 1.63 bits per heavy atom. The predicted molar refractivity (Wildman–Crippen MR) is 146 cm³/mol. The van der Waals surface area contributed by atoms with Crippen LogP contribution < -0.4 is 8.92 Å². The fourth-order valence-corrected chi connectivity index (χ4v) is 6.99. The Morgan fingerprint density at radius 3 is 2.32 bits per heavy atom.